The highest BCUT2D eigenvalue weighted by molar-refractivity contribution is 6.10. The maximum atomic E-state index is 12.8. The molecule has 1 aliphatic carbocycles. The van der Waals surface area contributed by atoms with E-state index in [1.54, 1.807) is 0 Å². The van der Waals surface area contributed by atoms with Gasteiger partial charge in [0.05, 0.1) is 25.3 Å². The molecule has 0 radical (unpaired) electrons. The number of methoxy groups -OCH3 is 2. The molecule has 2 aliphatic rings. The van der Waals surface area contributed by atoms with Crippen LogP contribution in [-0.2, 0) is 19.1 Å². The molecule has 1 saturated carbocycles. The predicted molar refractivity (Wildman–Crippen MR) is 104 cm³/mol. The molecule has 0 bridgehead atoms. The molecule has 1 aromatic carbocycles. The van der Waals surface area contributed by atoms with Crippen LogP contribution in [0.15, 0.2) is 18.2 Å². The highest BCUT2D eigenvalue weighted by Gasteiger charge is 2.51. The molecule has 30 heavy (non-hydrogen) atoms. The normalized spacial score (nSPS) is 17.5. The number of nitrogens with one attached hydrogen (secondary N) is 2. The van der Waals surface area contributed by atoms with Gasteiger partial charge in [-0.05, 0) is 31.0 Å². The maximum absolute atomic E-state index is 12.8. The lowest BCUT2D eigenvalue weighted by molar-refractivity contribution is -0.134. The standard InChI is InChI=1S/C20H23N3O7/c1-29-16(25)12-8-13(17(26)30-2)10-14(9-12)21-15(24)11-23-18(27)20(22-19(23)28)6-4-3-5-7-20/h8-10H,3-7,11H2,1-2H3,(H,21,24)(H,22,28). The number of nitrogens with zero attached hydrogens (tertiary/aromatic N) is 1. The maximum Gasteiger partial charge on any atom is 0.337 e. The fourth-order valence-corrected chi connectivity index (χ4v) is 3.83. The summed E-state index contributed by atoms with van der Waals surface area (Å²) in [4.78, 5) is 62.2. The Labute approximate surface area is 172 Å². The Morgan fingerprint density at radius 3 is 2.10 bits per heavy atom. The molecule has 10 heteroatoms. The minimum atomic E-state index is -0.918. The lowest BCUT2D eigenvalue weighted by atomic mass is 9.82. The van der Waals surface area contributed by atoms with Crippen molar-refractivity contribution in [3.05, 3.63) is 29.3 Å². The van der Waals surface area contributed by atoms with Crippen molar-refractivity contribution < 1.29 is 33.4 Å². The van der Waals surface area contributed by atoms with E-state index in [9.17, 15) is 24.0 Å². The molecule has 1 aromatic rings. The number of rotatable bonds is 5. The summed E-state index contributed by atoms with van der Waals surface area (Å²) in [5.74, 6) is -2.46. The van der Waals surface area contributed by atoms with Crippen LogP contribution >= 0.6 is 0 Å². The molecule has 2 N–H and O–H groups in total. The van der Waals surface area contributed by atoms with Crippen molar-refractivity contribution in [3.63, 3.8) is 0 Å². The van der Waals surface area contributed by atoms with E-state index < -0.39 is 41.9 Å². The molecule has 0 aromatic heterocycles. The first-order valence-electron chi connectivity index (χ1n) is 9.55. The molecule has 10 nitrogen and oxygen atoms in total. The summed E-state index contributed by atoms with van der Waals surface area (Å²) >= 11 is 0. The molecule has 1 heterocycles. The number of carbonyl (C=O) groups is 5. The number of urea groups is 1. The Balaban J connectivity index is 1.75. The van der Waals surface area contributed by atoms with Gasteiger partial charge in [-0.1, -0.05) is 19.3 Å². The lowest BCUT2D eigenvalue weighted by Gasteiger charge is -2.30. The van der Waals surface area contributed by atoms with Crippen molar-refractivity contribution in [1.29, 1.82) is 0 Å². The van der Waals surface area contributed by atoms with Gasteiger partial charge < -0.3 is 20.1 Å². The van der Waals surface area contributed by atoms with Gasteiger partial charge in [0.15, 0.2) is 0 Å². The van der Waals surface area contributed by atoms with Crippen molar-refractivity contribution in [2.24, 2.45) is 0 Å². The fourth-order valence-electron chi connectivity index (χ4n) is 3.83. The van der Waals surface area contributed by atoms with Gasteiger partial charge in [0.25, 0.3) is 5.91 Å². The van der Waals surface area contributed by atoms with Crippen LogP contribution in [0.25, 0.3) is 0 Å². The van der Waals surface area contributed by atoms with Gasteiger partial charge in [-0.25, -0.2) is 14.4 Å². The van der Waals surface area contributed by atoms with Gasteiger partial charge in [-0.3, -0.25) is 14.5 Å². The number of ether oxygens (including phenoxy) is 2. The van der Waals surface area contributed by atoms with Crippen molar-refractivity contribution in [2.75, 3.05) is 26.1 Å². The molecule has 0 unspecified atom stereocenters. The van der Waals surface area contributed by atoms with E-state index in [0.717, 1.165) is 24.2 Å². The first-order valence-corrected chi connectivity index (χ1v) is 9.55. The highest BCUT2D eigenvalue weighted by atomic mass is 16.5. The molecule has 1 saturated heterocycles. The van der Waals surface area contributed by atoms with Gasteiger partial charge in [0, 0.05) is 5.69 Å². The average molecular weight is 417 g/mol. The van der Waals surface area contributed by atoms with E-state index in [1.807, 2.05) is 0 Å². The van der Waals surface area contributed by atoms with Crippen LogP contribution in [0.2, 0.25) is 0 Å². The molecule has 3 rings (SSSR count). The fraction of sp³-hybridized carbons (Fsp3) is 0.450. The number of imide groups is 1. The SMILES string of the molecule is COC(=O)c1cc(NC(=O)CN2C(=O)NC3(CCCCC3)C2=O)cc(C(=O)OC)c1. The van der Waals surface area contributed by atoms with Crippen LogP contribution in [-0.4, -0.2) is 61.0 Å². The zero-order valence-corrected chi connectivity index (χ0v) is 16.8. The number of esters is 2. The minimum absolute atomic E-state index is 0.0341. The summed E-state index contributed by atoms with van der Waals surface area (Å²) in [6.07, 6.45) is 3.79. The van der Waals surface area contributed by atoms with E-state index in [0.29, 0.717) is 12.8 Å². The number of benzene rings is 1. The molecule has 160 valence electrons. The zero-order chi connectivity index (χ0) is 21.9. The topological polar surface area (TPSA) is 131 Å². The lowest BCUT2D eigenvalue weighted by Crippen LogP contribution is -2.48. The number of anilines is 1. The summed E-state index contributed by atoms with van der Waals surface area (Å²) in [6, 6.07) is 3.32. The largest absolute Gasteiger partial charge is 0.465 e. The number of hydrogen-bond acceptors (Lipinski definition) is 7. The second-order valence-corrected chi connectivity index (χ2v) is 7.29. The van der Waals surface area contributed by atoms with Gasteiger partial charge in [-0.15, -0.1) is 0 Å². The van der Waals surface area contributed by atoms with Crippen LogP contribution in [0.4, 0.5) is 10.5 Å². The smallest absolute Gasteiger partial charge is 0.337 e. The van der Waals surface area contributed by atoms with Gasteiger partial charge in [0.1, 0.15) is 12.1 Å². The third-order valence-corrected chi connectivity index (χ3v) is 5.31. The van der Waals surface area contributed by atoms with E-state index in [1.165, 1.54) is 32.4 Å². The summed E-state index contributed by atoms with van der Waals surface area (Å²) in [6.45, 7) is -0.484. The second kappa shape index (κ2) is 8.52. The second-order valence-electron chi connectivity index (χ2n) is 7.29. The van der Waals surface area contributed by atoms with Gasteiger partial charge in [0.2, 0.25) is 5.91 Å². The Bertz CT molecular complexity index is 871. The van der Waals surface area contributed by atoms with Crippen molar-refractivity contribution in [3.8, 4) is 0 Å². The molecular formula is C20H23N3O7. The monoisotopic (exact) mass is 417 g/mol. The molecule has 1 spiro atoms. The molecule has 0 atom stereocenters. The Morgan fingerprint density at radius 1 is 1.00 bits per heavy atom. The van der Waals surface area contributed by atoms with Crippen LogP contribution < -0.4 is 10.6 Å². The summed E-state index contributed by atoms with van der Waals surface area (Å²) < 4.78 is 9.31. The number of amides is 4. The zero-order valence-electron chi connectivity index (χ0n) is 16.8. The third-order valence-electron chi connectivity index (χ3n) is 5.31. The molecule has 2 fully saturated rings. The van der Waals surface area contributed by atoms with Crippen LogP contribution in [0.3, 0.4) is 0 Å². The van der Waals surface area contributed by atoms with Gasteiger partial charge >= 0.3 is 18.0 Å². The van der Waals surface area contributed by atoms with E-state index in [-0.39, 0.29) is 16.8 Å². The first-order chi connectivity index (χ1) is 14.3. The van der Waals surface area contributed by atoms with E-state index >= 15 is 0 Å². The minimum Gasteiger partial charge on any atom is -0.465 e. The van der Waals surface area contributed by atoms with Crippen LogP contribution in [0.5, 0.6) is 0 Å². The summed E-state index contributed by atoms with van der Waals surface area (Å²) in [5.41, 5.74) is -0.722. The third kappa shape index (κ3) is 4.12. The molecule has 4 amide bonds. The summed E-state index contributed by atoms with van der Waals surface area (Å²) in [7, 11) is 2.37. The Hall–Kier alpha value is -3.43. The van der Waals surface area contributed by atoms with Gasteiger partial charge in [-0.2, -0.15) is 0 Å². The van der Waals surface area contributed by atoms with Crippen molar-refractivity contribution >= 4 is 35.5 Å². The highest BCUT2D eigenvalue weighted by Crippen LogP contribution is 2.33. The van der Waals surface area contributed by atoms with Crippen molar-refractivity contribution in [1.82, 2.24) is 10.2 Å². The van der Waals surface area contributed by atoms with E-state index in [2.05, 4.69) is 20.1 Å². The predicted octanol–water partition coefficient (Wildman–Crippen LogP) is 1.45. The van der Waals surface area contributed by atoms with Crippen LogP contribution in [0.1, 0.15) is 52.8 Å². The molecular weight excluding hydrogens is 394 g/mol. The number of hydrogen-bond donors (Lipinski definition) is 2. The quantitative estimate of drug-likeness (QED) is 0.548. The Morgan fingerprint density at radius 2 is 1.57 bits per heavy atom. The summed E-state index contributed by atoms with van der Waals surface area (Å²) in [5, 5.41) is 5.25. The Kier molecular flexibility index (Phi) is 6.04. The average Bonchev–Trinajstić information content (AvgIpc) is 2.96. The number of carbonyl (C=O) groups excluding carboxylic acids is 5. The van der Waals surface area contributed by atoms with Crippen molar-refractivity contribution in [2.45, 2.75) is 37.6 Å². The van der Waals surface area contributed by atoms with E-state index in [4.69, 9.17) is 0 Å². The first kappa shape index (κ1) is 21.3. The van der Waals surface area contributed by atoms with Crippen LogP contribution in [0, 0.1) is 0 Å². The molecule has 1 aliphatic heterocycles.